The molecule has 0 aliphatic heterocycles. The van der Waals surface area contributed by atoms with Crippen molar-refractivity contribution in [2.45, 2.75) is 30.7 Å². The molecule has 1 N–H and O–H groups in total. The molecule has 1 aliphatic carbocycles. The first-order valence-electron chi connectivity index (χ1n) is 6.68. The third-order valence-corrected chi connectivity index (χ3v) is 4.28. The molecule has 0 aromatic heterocycles. The summed E-state index contributed by atoms with van der Waals surface area (Å²) in [5, 5.41) is 5.35. The number of nitrogens with one attached hydrogen (secondary N) is 1. The quantitative estimate of drug-likeness (QED) is 0.830. The van der Waals surface area contributed by atoms with Gasteiger partial charge >= 0.3 is 0 Å². The van der Waals surface area contributed by atoms with Crippen LogP contribution < -0.4 is 5.32 Å². The minimum atomic E-state index is -0.0247. The maximum absolute atomic E-state index is 12.2. The van der Waals surface area contributed by atoms with E-state index in [0.717, 1.165) is 30.0 Å². The normalized spacial score (nSPS) is 22.6. The number of rotatable bonds is 2. The first-order valence-corrected chi connectivity index (χ1v) is 7.11. The molecule has 1 fully saturated rings. The fourth-order valence-corrected chi connectivity index (χ4v) is 3.00. The lowest BCUT2D eigenvalue weighted by atomic mass is 10.1. The van der Waals surface area contributed by atoms with E-state index in [0.29, 0.717) is 5.56 Å². The Bertz CT molecular complexity index is 610. The van der Waals surface area contributed by atoms with Gasteiger partial charge in [-0.05, 0) is 42.2 Å². The lowest BCUT2D eigenvalue weighted by Gasteiger charge is -2.16. The molecule has 1 amide bonds. The standard InChI is InChI=1S/C16H16ClNO/c17-14-6-3-7-15(14)18-16(19)13-9-8-11-4-1-2-5-12(11)10-13/h1-2,4-5,8-10,14-15H,3,6-7H2,(H,18,19). The molecule has 2 aromatic carbocycles. The van der Waals surface area contributed by atoms with Gasteiger partial charge in [-0.1, -0.05) is 30.3 Å². The molecule has 1 saturated carbocycles. The summed E-state index contributed by atoms with van der Waals surface area (Å²) in [5.74, 6) is -0.0247. The molecule has 0 bridgehead atoms. The summed E-state index contributed by atoms with van der Waals surface area (Å²) in [6.45, 7) is 0. The van der Waals surface area contributed by atoms with E-state index in [-0.39, 0.29) is 17.3 Å². The second kappa shape index (κ2) is 5.22. The molecule has 0 saturated heterocycles. The van der Waals surface area contributed by atoms with Crippen LogP contribution in [0.4, 0.5) is 0 Å². The Kier molecular flexibility index (Phi) is 3.43. The van der Waals surface area contributed by atoms with Gasteiger partial charge < -0.3 is 5.32 Å². The Morgan fingerprint density at radius 3 is 2.63 bits per heavy atom. The highest BCUT2D eigenvalue weighted by atomic mass is 35.5. The van der Waals surface area contributed by atoms with Crippen LogP contribution in [0.1, 0.15) is 29.6 Å². The maximum atomic E-state index is 12.2. The minimum Gasteiger partial charge on any atom is -0.348 e. The van der Waals surface area contributed by atoms with Gasteiger partial charge in [0.2, 0.25) is 0 Å². The highest BCUT2D eigenvalue weighted by Gasteiger charge is 2.26. The molecule has 2 unspecified atom stereocenters. The lowest BCUT2D eigenvalue weighted by Crippen LogP contribution is -2.37. The molecular weight excluding hydrogens is 258 g/mol. The van der Waals surface area contributed by atoms with Gasteiger partial charge in [-0.3, -0.25) is 4.79 Å². The molecular formula is C16H16ClNO. The molecule has 1 aliphatic rings. The molecule has 2 atom stereocenters. The molecule has 98 valence electrons. The molecule has 19 heavy (non-hydrogen) atoms. The summed E-state index contributed by atoms with van der Waals surface area (Å²) < 4.78 is 0. The second-order valence-corrected chi connectivity index (χ2v) is 5.65. The van der Waals surface area contributed by atoms with Crippen molar-refractivity contribution in [2.75, 3.05) is 0 Å². The average molecular weight is 274 g/mol. The van der Waals surface area contributed by atoms with Crippen LogP contribution in [0.25, 0.3) is 10.8 Å². The van der Waals surface area contributed by atoms with E-state index >= 15 is 0 Å². The fraction of sp³-hybridized carbons (Fsp3) is 0.312. The van der Waals surface area contributed by atoms with Gasteiger partial charge in [0.25, 0.3) is 5.91 Å². The van der Waals surface area contributed by atoms with Gasteiger partial charge in [0.05, 0.1) is 5.38 Å². The Morgan fingerprint density at radius 2 is 1.89 bits per heavy atom. The van der Waals surface area contributed by atoms with E-state index in [1.54, 1.807) is 0 Å². The summed E-state index contributed by atoms with van der Waals surface area (Å²) in [6.07, 6.45) is 3.06. The van der Waals surface area contributed by atoms with Gasteiger partial charge in [0.15, 0.2) is 0 Å². The number of hydrogen-bond donors (Lipinski definition) is 1. The monoisotopic (exact) mass is 273 g/mol. The van der Waals surface area contributed by atoms with Crippen molar-refractivity contribution in [3.8, 4) is 0 Å². The van der Waals surface area contributed by atoms with Crippen LogP contribution >= 0.6 is 11.6 Å². The first kappa shape index (κ1) is 12.5. The van der Waals surface area contributed by atoms with Crippen molar-refractivity contribution >= 4 is 28.3 Å². The number of carbonyl (C=O) groups is 1. The minimum absolute atomic E-state index is 0.0247. The third kappa shape index (κ3) is 2.59. The number of carbonyl (C=O) groups excluding carboxylic acids is 1. The highest BCUT2D eigenvalue weighted by molar-refractivity contribution is 6.21. The average Bonchev–Trinajstić information content (AvgIpc) is 2.84. The lowest BCUT2D eigenvalue weighted by molar-refractivity contribution is 0.0938. The van der Waals surface area contributed by atoms with Crippen LogP contribution in [0, 0.1) is 0 Å². The van der Waals surface area contributed by atoms with Crippen molar-refractivity contribution in [3.05, 3.63) is 48.0 Å². The van der Waals surface area contributed by atoms with E-state index < -0.39 is 0 Å². The topological polar surface area (TPSA) is 29.1 Å². The zero-order chi connectivity index (χ0) is 13.2. The van der Waals surface area contributed by atoms with Crippen molar-refractivity contribution in [1.82, 2.24) is 5.32 Å². The van der Waals surface area contributed by atoms with Crippen molar-refractivity contribution in [1.29, 1.82) is 0 Å². The van der Waals surface area contributed by atoms with E-state index in [2.05, 4.69) is 5.32 Å². The van der Waals surface area contributed by atoms with Crippen LogP contribution in [0.3, 0.4) is 0 Å². The van der Waals surface area contributed by atoms with Crippen molar-refractivity contribution in [2.24, 2.45) is 0 Å². The van der Waals surface area contributed by atoms with E-state index in [4.69, 9.17) is 11.6 Å². The molecule has 0 heterocycles. The van der Waals surface area contributed by atoms with Gasteiger partial charge in [-0.2, -0.15) is 0 Å². The Balaban J connectivity index is 1.81. The van der Waals surface area contributed by atoms with Crippen LogP contribution in [0.5, 0.6) is 0 Å². The summed E-state index contributed by atoms with van der Waals surface area (Å²) in [6, 6.07) is 13.9. The molecule has 2 aromatic rings. The van der Waals surface area contributed by atoms with Crippen LogP contribution in [0.2, 0.25) is 0 Å². The van der Waals surface area contributed by atoms with E-state index in [1.165, 1.54) is 0 Å². The van der Waals surface area contributed by atoms with Crippen LogP contribution in [-0.4, -0.2) is 17.3 Å². The summed E-state index contributed by atoms with van der Waals surface area (Å²) >= 11 is 6.19. The van der Waals surface area contributed by atoms with Gasteiger partial charge in [-0.25, -0.2) is 0 Å². The number of hydrogen-bond acceptors (Lipinski definition) is 1. The number of amides is 1. The van der Waals surface area contributed by atoms with E-state index in [1.807, 2.05) is 42.5 Å². The fourth-order valence-electron chi connectivity index (χ4n) is 2.66. The second-order valence-electron chi connectivity index (χ2n) is 5.09. The van der Waals surface area contributed by atoms with Crippen LogP contribution in [-0.2, 0) is 0 Å². The SMILES string of the molecule is O=C(NC1CCCC1Cl)c1ccc2ccccc2c1. The van der Waals surface area contributed by atoms with Crippen molar-refractivity contribution < 1.29 is 4.79 Å². The summed E-state index contributed by atoms with van der Waals surface area (Å²) in [4.78, 5) is 12.2. The third-order valence-electron chi connectivity index (χ3n) is 3.76. The number of fused-ring (bicyclic) bond motifs is 1. The van der Waals surface area contributed by atoms with Gasteiger partial charge in [0, 0.05) is 11.6 Å². The summed E-state index contributed by atoms with van der Waals surface area (Å²) in [5.41, 5.74) is 0.703. The van der Waals surface area contributed by atoms with E-state index in [9.17, 15) is 4.79 Å². The number of alkyl halides is 1. The van der Waals surface area contributed by atoms with Crippen LogP contribution in [0.15, 0.2) is 42.5 Å². The first-order chi connectivity index (χ1) is 9.24. The number of halogens is 1. The van der Waals surface area contributed by atoms with Gasteiger partial charge in [0.1, 0.15) is 0 Å². The highest BCUT2D eigenvalue weighted by Crippen LogP contribution is 2.24. The molecule has 0 spiro atoms. The predicted octanol–water partition coefficient (Wildman–Crippen LogP) is 3.73. The molecule has 2 nitrogen and oxygen atoms in total. The molecule has 3 rings (SSSR count). The molecule has 0 radical (unpaired) electrons. The van der Waals surface area contributed by atoms with Crippen molar-refractivity contribution in [3.63, 3.8) is 0 Å². The largest absolute Gasteiger partial charge is 0.348 e. The Labute approximate surface area is 117 Å². The number of benzene rings is 2. The zero-order valence-electron chi connectivity index (χ0n) is 10.6. The maximum Gasteiger partial charge on any atom is 0.251 e. The Morgan fingerprint density at radius 1 is 1.11 bits per heavy atom. The summed E-state index contributed by atoms with van der Waals surface area (Å²) in [7, 11) is 0. The zero-order valence-corrected chi connectivity index (χ0v) is 11.4. The Hall–Kier alpha value is -1.54. The smallest absolute Gasteiger partial charge is 0.251 e. The predicted molar refractivity (Wildman–Crippen MR) is 78.7 cm³/mol. The molecule has 3 heteroatoms. The van der Waals surface area contributed by atoms with Gasteiger partial charge in [-0.15, -0.1) is 11.6 Å².